The molecule has 5 heteroatoms. The van der Waals surface area contributed by atoms with Gasteiger partial charge in [-0.25, -0.2) is 0 Å². The molecule has 0 aromatic carbocycles. The van der Waals surface area contributed by atoms with E-state index in [-0.39, 0.29) is 24.8 Å². The predicted octanol–water partition coefficient (Wildman–Crippen LogP) is 4.30. The van der Waals surface area contributed by atoms with E-state index >= 15 is 0 Å². The van der Waals surface area contributed by atoms with Crippen LogP contribution >= 0.6 is 0 Å². The van der Waals surface area contributed by atoms with Crippen molar-refractivity contribution in [2.45, 2.75) is 59.2 Å². The fraction of sp³-hybridized carbons (Fsp3) is 0.650. The van der Waals surface area contributed by atoms with Gasteiger partial charge >= 0.3 is 5.79 Å². The molecule has 1 aliphatic rings. The number of rotatable bonds is 14. The number of carbonyl (C=O) groups is 1. The number of hydrogen-bond donors (Lipinski definition) is 0. The van der Waals surface area contributed by atoms with Crippen molar-refractivity contribution in [3.05, 3.63) is 35.8 Å². The van der Waals surface area contributed by atoms with Crippen molar-refractivity contribution < 1.29 is 23.7 Å². The third kappa shape index (κ3) is 5.72. The molecule has 0 heterocycles. The summed E-state index contributed by atoms with van der Waals surface area (Å²) in [4.78, 5) is 12.8. The second-order valence-electron chi connectivity index (χ2n) is 6.50. The van der Waals surface area contributed by atoms with Gasteiger partial charge in [0.2, 0.25) is 11.5 Å². The van der Waals surface area contributed by atoms with Gasteiger partial charge in [-0.2, -0.15) is 0 Å². The Morgan fingerprint density at radius 3 is 2.08 bits per heavy atom. The Labute approximate surface area is 151 Å². The van der Waals surface area contributed by atoms with Crippen LogP contribution in [-0.4, -0.2) is 38.0 Å². The normalized spacial score (nSPS) is 19.6. The fourth-order valence-electron chi connectivity index (χ4n) is 2.14. The van der Waals surface area contributed by atoms with Crippen LogP contribution in [0.2, 0.25) is 0 Å². The molecule has 0 amide bonds. The second kappa shape index (κ2) is 10.4. The Kier molecular flexibility index (Phi) is 8.93. The fourth-order valence-corrected chi connectivity index (χ4v) is 2.14. The molecular weight excluding hydrogens is 320 g/mol. The van der Waals surface area contributed by atoms with E-state index in [9.17, 15) is 4.79 Å². The maximum absolute atomic E-state index is 12.8. The third-order valence-corrected chi connectivity index (χ3v) is 3.54. The molecule has 1 rings (SSSR count). The third-order valence-electron chi connectivity index (χ3n) is 3.54. The van der Waals surface area contributed by atoms with Gasteiger partial charge in [-0.1, -0.05) is 45.4 Å². The highest BCUT2D eigenvalue weighted by Crippen LogP contribution is 2.41. The van der Waals surface area contributed by atoms with E-state index in [4.69, 9.17) is 18.9 Å². The lowest BCUT2D eigenvalue weighted by molar-refractivity contribution is -0.238. The van der Waals surface area contributed by atoms with Crippen molar-refractivity contribution in [1.29, 1.82) is 0 Å². The van der Waals surface area contributed by atoms with Crippen molar-refractivity contribution >= 4 is 5.78 Å². The lowest BCUT2D eigenvalue weighted by Crippen LogP contribution is -2.57. The Balaban J connectivity index is 3.03. The van der Waals surface area contributed by atoms with Crippen LogP contribution in [0.5, 0.6) is 0 Å². The summed E-state index contributed by atoms with van der Waals surface area (Å²) in [5, 5.41) is 0. The van der Waals surface area contributed by atoms with Crippen LogP contribution in [-0.2, 0) is 23.7 Å². The molecule has 1 unspecified atom stereocenters. The number of unbranched alkanes of at least 4 members (excludes halogenated alkanes) is 2. The summed E-state index contributed by atoms with van der Waals surface area (Å²) in [7, 11) is 0. The summed E-state index contributed by atoms with van der Waals surface area (Å²) in [6.07, 6.45) is 3.64. The van der Waals surface area contributed by atoms with Gasteiger partial charge in [0.25, 0.3) is 5.78 Å². The Morgan fingerprint density at radius 2 is 1.52 bits per heavy atom. The van der Waals surface area contributed by atoms with Gasteiger partial charge in [-0.15, -0.1) is 0 Å². The lowest BCUT2D eigenvalue weighted by Gasteiger charge is -2.41. The average Bonchev–Trinajstić information content (AvgIpc) is 2.56. The standard InChI is InChI=1S/C20H32O5/c1-7-9-11-22-19-17(23-13-15(3)4)18(21)20(19,24-12-10-8-2)25-14-16(5)6/h3,5,7-14H2,1-2,4,6H3. The highest BCUT2D eigenvalue weighted by molar-refractivity contribution is 6.09. The van der Waals surface area contributed by atoms with Gasteiger partial charge < -0.3 is 18.9 Å². The number of hydrogen-bond acceptors (Lipinski definition) is 5. The van der Waals surface area contributed by atoms with Gasteiger partial charge in [0.05, 0.1) is 19.8 Å². The predicted molar refractivity (Wildman–Crippen MR) is 98.0 cm³/mol. The van der Waals surface area contributed by atoms with E-state index in [1.807, 2.05) is 13.8 Å². The maximum Gasteiger partial charge on any atom is 0.301 e. The first kappa shape index (κ1) is 21.5. The molecule has 0 fully saturated rings. The summed E-state index contributed by atoms with van der Waals surface area (Å²) in [5.41, 5.74) is 1.62. The van der Waals surface area contributed by atoms with Crippen LogP contribution in [0.3, 0.4) is 0 Å². The van der Waals surface area contributed by atoms with Crippen LogP contribution < -0.4 is 0 Å². The largest absolute Gasteiger partial charge is 0.488 e. The van der Waals surface area contributed by atoms with E-state index in [2.05, 4.69) is 27.0 Å². The van der Waals surface area contributed by atoms with Crippen LogP contribution in [0.15, 0.2) is 35.8 Å². The van der Waals surface area contributed by atoms with Gasteiger partial charge in [-0.3, -0.25) is 4.79 Å². The van der Waals surface area contributed by atoms with Gasteiger partial charge in [-0.05, 0) is 32.3 Å². The molecule has 0 aliphatic heterocycles. The Hall–Kier alpha value is -1.59. The molecule has 0 aromatic heterocycles. The second-order valence-corrected chi connectivity index (χ2v) is 6.50. The van der Waals surface area contributed by atoms with Crippen LogP contribution in [0.1, 0.15) is 53.4 Å². The molecule has 0 spiro atoms. The van der Waals surface area contributed by atoms with Gasteiger partial charge in [0, 0.05) is 0 Å². The van der Waals surface area contributed by atoms with Crippen LogP contribution in [0.25, 0.3) is 0 Å². The highest BCUT2D eigenvalue weighted by atomic mass is 16.7. The van der Waals surface area contributed by atoms with E-state index in [1.54, 1.807) is 0 Å². The zero-order valence-corrected chi connectivity index (χ0v) is 16.1. The molecule has 0 radical (unpaired) electrons. The van der Waals surface area contributed by atoms with E-state index in [1.165, 1.54) is 0 Å². The molecule has 1 aliphatic carbocycles. The van der Waals surface area contributed by atoms with Crippen molar-refractivity contribution in [2.24, 2.45) is 0 Å². The minimum atomic E-state index is -1.51. The van der Waals surface area contributed by atoms with Gasteiger partial charge in [0.1, 0.15) is 6.61 Å². The molecule has 0 saturated heterocycles. The first-order valence-electron chi connectivity index (χ1n) is 9.00. The molecule has 25 heavy (non-hydrogen) atoms. The molecule has 0 N–H and O–H groups in total. The molecule has 0 bridgehead atoms. The summed E-state index contributed by atoms with van der Waals surface area (Å²) in [5.74, 6) is -1.33. The minimum absolute atomic E-state index is 0.178. The van der Waals surface area contributed by atoms with Gasteiger partial charge in [0.15, 0.2) is 0 Å². The number of ether oxygens (including phenoxy) is 4. The monoisotopic (exact) mass is 352 g/mol. The molecule has 0 aromatic rings. The zero-order chi connectivity index (χ0) is 18.9. The summed E-state index contributed by atoms with van der Waals surface area (Å²) in [6, 6.07) is 0. The number of ketones is 1. The van der Waals surface area contributed by atoms with E-state index in [0.717, 1.165) is 36.8 Å². The summed E-state index contributed by atoms with van der Waals surface area (Å²) < 4.78 is 23.1. The minimum Gasteiger partial charge on any atom is -0.488 e. The summed E-state index contributed by atoms with van der Waals surface area (Å²) >= 11 is 0. The van der Waals surface area contributed by atoms with Crippen molar-refractivity contribution in [1.82, 2.24) is 0 Å². The van der Waals surface area contributed by atoms with Crippen LogP contribution in [0, 0.1) is 0 Å². The molecule has 142 valence electrons. The highest BCUT2D eigenvalue weighted by Gasteiger charge is 2.61. The van der Waals surface area contributed by atoms with Crippen molar-refractivity contribution in [3.8, 4) is 0 Å². The van der Waals surface area contributed by atoms with Crippen molar-refractivity contribution in [2.75, 3.05) is 26.4 Å². The Morgan fingerprint density at radius 1 is 0.920 bits per heavy atom. The smallest absolute Gasteiger partial charge is 0.301 e. The first-order valence-corrected chi connectivity index (χ1v) is 9.00. The molecule has 5 nitrogen and oxygen atoms in total. The molecule has 1 atom stereocenters. The van der Waals surface area contributed by atoms with Crippen molar-refractivity contribution in [3.63, 3.8) is 0 Å². The van der Waals surface area contributed by atoms with E-state index < -0.39 is 5.79 Å². The van der Waals surface area contributed by atoms with Crippen LogP contribution in [0.4, 0.5) is 0 Å². The zero-order valence-electron chi connectivity index (χ0n) is 16.1. The molecule has 0 saturated carbocycles. The Bertz CT molecular complexity index is 520. The maximum atomic E-state index is 12.8. The lowest BCUT2D eigenvalue weighted by atomic mass is 9.93. The topological polar surface area (TPSA) is 54.0 Å². The first-order chi connectivity index (χ1) is 11.9. The van der Waals surface area contributed by atoms with E-state index in [0.29, 0.717) is 19.0 Å². The quantitative estimate of drug-likeness (QED) is 0.265. The average molecular weight is 352 g/mol. The molecular formula is C20H32O5. The summed E-state index contributed by atoms with van der Waals surface area (Å²) in [6.45, 7) is 16.8. The number of Topliss-reactive ketones (excluding diaryl/α,β-unsaturated/α-hetero) is 1. The SMILES string of the molecule is C=C(C)COC1=C(OCCCC)C(OCCCC)(OCC(=C)C)C1=O. The number of carbonyl (C=O) groups excluding carboxylic acids is 1.